The summed E-state index contributed by atoms with van der Waals surface area (Å²) in [6, 6.07) is 15.5. The van der Waals surface area contributed by atoms with Gasteiger partial charge in [0.2, 0.25) is 0 Å². The van der Waals surface area contributed by atoms with Crippen molar-refractivity contribution in [2.75, 3.05) is 11.9 Å². The molecule has 0 aromatic heterocycles. The van der Waals surface area contributed by atoms with Crippen LogP contribution in [-0.2, 0) is 10.1 Å². The molecule has 2 aromatic rings. The maximum absolute atomic E-state index is 11.0. The zero-order valence-corrected chi connectivity index (χ0v) is 13.6. The molecular formula is C13H12NNaO3S. The van der Waals surface area contributed by atoms with E-state index in [0.717, 1.165) is 5.69 Å². The van der Waals surface area contributed by atoms with Gasteiger partial charge in [0.15, 0.2) is 0 Å². The quantitative estimate of drug-likeness (QED) is 0.556. The molecule has 0 aliphatic heterocycles. The second-order valence-electron chi connectivity index (χ2n) is 3.85. The number of anilines is 2. The van der Waals surface area contributed by atoms with Crippen LogP contribution in [0.15, 0.2) is 59.5 Å². The van der Waals surface area contributed by atoms with E-state index in [-0.39, 0.29) is 34.5 Å². The van der Waals surface area contributed by atoms with Gasteiger partial charge in [-0.1, -0.05) is 24.3 Å². The second kappa shape index (κ2) is 6.54. The summed E-state index contributed by atoms with van der Waals surface area (Å²) < 4.78 is 32.9. The summed E-state index contributed by atoms with van der Waals surface area (Å²) in [7, 11) is -2.61. The van der Waals surface area contributed by atoms with Crippen LogP contribution in [0.5, 0.6) is 0 Å². The Labute approximate surface area is 135 Å². The Morgan fingerprint density at radius 2 is 1.53 bits per heavy atom. The molecule has 0 atom stereocenters. The molecule has 0 aliphatic carbocycles. The predicted molar refractivity (Wildman–Crippen MR) is 68.9 cm³/mol. The Balaban J connectivity index is 0.00000180. The summed E-state index contributed by atoms with van der Waals surface area (Å²) in [6.45, 7) is 0. The molecule has 0 radical (unpaired) electrons. The first kappa shape index (κ1) is 16.2. The summed E-state index contributed by atoms with van der Waals surface area (Å²) in [5.74, 6) is 0. The fraction of sp³-hybridized carbons (Fsp3) is 0.0769. The molecule has 2 rings (SSSR count). The smallest absolute Gasteiger partial charge is 0.744 e. The maximum atomic E-state index is 11.0. The molecule has 2 aromatic carbocycles. The van der Waals surface area contributed by atoms with Gasteiger partial charge in [0, 0.05) is 18.4 Å². The van der Waals surface area contributed by atoms with Crippen molar-refractivity contribution < 1.29 is 42.5 Å². The van der Waals surface area contributed by atoms with E-state index in [0.29, 0.717) is 5.69 Å². The zero-order chi connectivity index (χ0) is 13.2. The van der Waals surface area contributed by atoms with Crippen molar-refractivity contribution >= 4 is 21.5 Å². The third kappa shape index (κ3) is 4.06. The van der Waals surface area contributed by atoms with Crippen LogP contribution >= 0.6 is 0 Å². The predicted octanol–water partition coefficient (Wildman–Crippen LogP) is -0.637. The van der Waals surface area contributed by atoms with E-state index in [1.54, 1.807) is 12.1 Å². The van der Waals surface area contributed by atoms with E-state index < -0.39 is 10.1 Å². The fourth-order valence-corrected chi connectivity index (χ4v) is 2.16. The molecule has 94 valence electrons. The average molecular weight is 285 g/mol. The molecule has 4 nitrogen and oxygen atoms in total. The first-order valence-corrected chi connectivity index (χ1v) is 6.74. The Morgan fingerprint density at radius 3 is 2.11 bits per heavy atom. The van der Waals surface area contributed by atoms with Gasteiger partial charge in [0.05, 0.1) is 4.90 Å². The van der Waals surface area contributed by atoms with Crippen molar-refractivity contribution in [1.29, 1.82) is 0 Å². The van der Waals surface area contributed by atoms with Crippen molar-refractivity contribution in [3.05, 3.63) is 54.6 Å². The third-order valence-electron chi connectivity index (χ3n) is 2.64. The van der Waals surface area contributed by atoms with Crippen LogP contribution in [0, 0.1) is 0 Å². The Kier molecular flexibility index (Phi) is 5.58. The molecule has 0 saturated carbocycles. The summed E-state index contributed by atoms with van der Waals surface area (Å²) in [5.41, 5.74) is 1.57. The monoisotopic (exact) mass is 285 g/mol. The van der Waals surface area contributed by atoms with Crippen LogP contribution < -0.4 is 34.5 Å². The largest absolute Gasteiger partial charge is 1.00 e. The fourth-order valence-electron chi connectivity index (χ4n) is 1.65. The molecule has 0 N–H and O–H groups in total. The molecule has 0 bridgehead atoms. The number of hydrogen-bond donors (Lipinski definition) is 0. The summed E-state index contributed by atoms with van der Waals surface area (Å²) in [4.78, 5) is 1.59. The Bertz CT molecular complexity index is 644. The zero-order valence-electron chi connectivity index (χ0n) is 10.8. The minimum absolute atomic E-state index is 0. The third-order valence-corrected chi connectivity index (χ3v) is 3.47. The molecule has 0 aliphatic rings. The van der Waals surface area contributed by atoms with Crippen molar-refractivity contribution in [2.45, 2.75) is 4.90 Å². The van der Waals surface area contributed by atoms with E-state index in [4.69, 9.17) is 0 Å². The van der Waals surface area contributed by atoms with E-state index in [9.17, 15) is 13.0 Å². The van der Waals surface area contributed by atoms with Gasteiger partial charge < -0.3 is 9.45 Å². The van der Waals surface area contributed by atoms with Gasteiger partial charge in [-0.25, -0.2) is 8.42 Å². The van der Waals surface area contributed by atoms with Gasteiger partial charge in [-0.3, -0.25) is 0 Å². The molecule has 0 unspecified atom stereocenters. The number of nitrogens with zero attached hydrogens (tertiary/aromatic N) is 1. The van der Waals surface area contributed by atoms with Crippen LogP contribution in [0.1, 0.15) is 0 Å². The van der Waals surface area contributed by atoms with Crippen LogP contribution in [0.3, 0.4) is 0 Å². The van der Waals surface area contributed by atoms with Gasteiger partial charge in [0.1, 0.15) is 10.1 Å². The van der Waals surface area contributed by atoms with Crippen molar-refractivity contribution in [2.24, 2.45) is 0 Å². The molecule has 6 heteroatoms. The van der Waals surface area contributed by atoms with E-state index in [1.165, 1.54) is 12.1 Å². The molecule has 0 fully saturated rings. The maximum Gasteiger partial charge on any atom is 1.00 e. The average Bonchev–Trinajstić information content (AvgIpc) is 2.38. The Hall–Kier alpha value is -0.850. The first-order chi connectivity index (χ1) is 8.48. The number of rotatable bonds is 3. The summed E-state index contributed by atoms with van der Waals surface area (Å²) >= 11 is 0. The molecule has 0 saturated heterocycles. The molecule has 0 heterocycles. The van der Waals surface area contributed by atoms with Crippen molar-refractivity contribution in [1.82, 2.24) is 0 Å². The minimum atomic E-state index is -4.42. The van der Waals surface area contributed by atoms with Crippen LogP contribution in [-0.4, -0.2) is 20.0 Å². The molecule has 0 amide bonds. The second-order valence-corrected chi connectivity index (χ2v) is 5.23. The van der Waals surface area contributed by atoms with E-state index in [2.05, 4.69) is 0 Å². The van der Waals surface area contributed by atoms with Crippen LogP contribution in [0.25, 0.3) is 0 Å². The van der Waals surface area contributed by atoms with E-state index in [1.807, 2.05) is 42.3 Å². The van der Waals surface area contributed by atoms with Crippen LogP contribution in [0.2, 0.25) is 0 Å². The minimum Gasteiger partial charge on any atom is -0.744 e. The van der Waals surface area contributed by atoms with Gasteiger partial charge in [-0.2, -0.15) is 0 Å². The normalized spacial score (nSPS) is 10.6. The number of para-hydroxylation sites is 1. The standard InChI is InChI=1S/C13H13NO3S.Na/c1-14(11-6-3-2-4-7-11)12-8-5-9-13(10-12)18(15,16)17;/h2-10H,1H3,(H,15,16,17);/q;+1/p-1. The summed E-state index contributed by atoms with van der Waals surface area (Å²) in [5, 5.41) is 0. The van der Waals surface area contributed by atoms with Gasteiger partial charge in [-0.15, -0.1) is 0 Å². The van der Waals surface area contributed by atoms with Crippen LogP contribution in [0.4, 0.5) is 11.4 Å². The van der Waals surface area contributed by atoms with Crippen molar-refractivity contribution in [3.63, 3.8) is 0 Å². The van der Waals surface area contributed by atoms with Crippen molar-refractivity contribution in [3.8, 4) is 0 Å². The van der Waals surface area contributed by atoms with Gasteiger partial charge in [0.25, 0.3) is 0 Å². The Morgan fingerprint density at radius 1 is 0.947 bits per heavy atom. The van der Waals surface area contributed by atoms with E-state index >= 15 is 0 Å². The number of benzene rings is 2. The first-order valence-electron chi connectivity index (χ1n) is 5.33. The SMILES string of the molecule is CN(c1ccccc1)c1cccc(S(=O)(=O)[O-])c1.[Na+]. The number of hydrogen-bond acceptors (Lipinski definition) is 4. The topological polar surface area (TPSA) is 60.4 Å². The molecule has 0 spiro atoms. The molecule has 19 heavy (non-hydrogen) atoms. The molecular weight excluding hydrogens is 273 g/mol. The van der Waals surface area contributed by atoms with Gasteiger partial charge in [-0.05, 0) is 30.3 Å². The van der Waals surface area contributed by atoms with Gasteiger partial charge >= 0.3 is 29.6 Å². The summed E-state index contributed by atoms with van der Waals surface area (Å²) in [6.07, 6.45) is 0.